The van der Waals surface area contributed by atoms with Crippen molar-refractivity contribution in [3.63, 3.8) is 0 Å². The van der Waals surface area contributed by atoms with E-state index >= 15 is 0 Å². The lowest BCUT2D eigenvalue weighted by atomic mass is 10.2. The largest absolute Gasteiger partial charge is 0.350 e. The number of thiophene rings is 1. The van der Waals surface area contributed by atoms with Gasteiger partial charge in [-0.15, -0.1) is 11.3 Å². The molecule has 1 aromatic carbocycles. The third-order valence-corrected chi connectivity index (χ3v) is 4.63. The summed E-state index contributed by atoms with van der Waals surface area (Å²) in [4.78, 5) is 24.9. The first-order chi connectivity index (χ1) is 12.0. The van der Waals surface area contributed by atoms with Crippen molar-refractivity contribution in [2.45, 2.75) is 6.54 Å². The minimum Gasteiger partial charge on any atom is -0.350 e. The summed E-state index contributed by atoms with van der Waals surface area (Å²) >= 11 is 7.38. The summed E-state index contributed by atoms with van der Waals surface area (Å²) in [5.41, 5.74) is 0.618. The second-order valence-corrected chi connectivity index (χ2v) is 6.49. The molecule has 25 heavy (non-hydrogen) atoms. The van der Waals surface area contributed by atoms with Crippen molar-refractivity contribution >= 4 is 28.8 Å². The highest BCUT2D eigenvalue weighted by atomic mass is 35.5. The van der Waals surface area contributed by atoms with Gasteiger partial charge in [-0.2, -0.15) is 5.10 Å². The van der Waals surface area contributed by atoms with E-state index in [4.69, 9.17) is 11.6 Å². The van der Waals surface area contributed by atoms with Gasteiger partial charge in [0.15, 0.2) is 0 Å². The zero-order valence-electron chi connectivity index (χ0n) is 12.9. The van der Waals surface area contributed by atoms with Crippen molar-refractivity contribution in [2.75, 3.05) is 6.54 Å². The molecule has 0 spiro atoms. The summed E-state index contributed by atoms with van der Waals surface area (Å²) < 4.78 is 14.3. The van der Waals surface area contributed by atoms with Crippen LogP contribution in [0, 0.1) is 5.82 Å². The van der Waals surface area contributed by atoms with E-state index < -0.39 is 11.7 Å². The summed E-state index contributed by atoms with van der Waals surface area (Å²) in [7, 11) is 0. The van der Waals surface area contributed by atoms with E-state index in [1.807, 2.05) is 17.5 Å². The number of aromatic nitrogens is 2. The second-order valence-electron chi connectivity index (χ2n) is 5.14. The molecular weight excluding hydrogens is 365 g/mol. The molecule has 0 aliphatic rings. The zero-order chi connectivity index (χ0) is 17.8. The molecule has 2 aromatic heterocycles. The van der Waals surface area contributed by atoms with Crippen LogP contribution in [0.5, 0.6) is 0 Å². The summed E-state index contributed by atoms with van der Waals surface area (Å²) in [5, 5.41) is 8.91. The van der Waals surface area contributed by atoms with Crippen LogP contribution < -0.4 is 10.9 Å². The fourth-order valence-corrected chi connectivity index (χ4v) is 3.15. The fraction of sp³-hybridized carbons (Fsp3) is 0.118. The molecule has 0 bridgehead atoms. The predicted octanol–water partition coefficient (Wildman–Crippen LogP) is 3.19. The number of carbonyl (C=O) groups excluding carboxylic acids is 1. The van der Waals surface area contributed by atoms with E-state index in [1.165, 1.54) is 28.2 Å². The first kappa shape index (κ1) is 17.3. The number of amides is 1. The molecule has 1 amide bonds. The van der Waals surface area contributed by atoms with E-state index in [1.54, 1.807) is 6.07 Å². The molecule has 0 unspecified atom stereocenters. The molecular formula is C17H13ClFN3O2S. The first-order valence-electron chi connectivity index (χ1n) is 7.40. The summed E-state index contributed by atoms with van der Waals surface area (Å²) in [6.45, 7) is 0.399. The Hall–Kier alpha value is -2.51. The van der Waals surface area contributed by atoms with Gasteiger partial charge < -0.3 is 5.32 Å². The number of halogens is 2. The van der Waals surface area contributed by atoms with Crippen molar-refractivity contribution in [1.82, 2.24) is 15.1 Å². The fourth-order valence-electron chi connectivity index (χ4n) is 2.21. The van der Waals surface area contributed by atoms with Crippen LogP contribution in [0.4, 0.5) is 4.39 Å². The molecule has 0 radical (unpaired) electrons. The highest BCUT2D eigenvalue weighted by molar-refractivity contribution is 7.13. The Kier molecular flexibility index (Phi) is 5.25. The molecule has 128 valence electrons. The van der Waals surface area contributed by atoms with Crippen LogP contribution in [0.2, 0.25) is 5.02 Å². The van der Waals surface area contributed by atoms with Gasteiger partial charge in [-0.1, -0.05) is 17.7 Å². The van der Waals surface area contributed by atoms with Crippen LogP contribution in [0.1, 0.15) is 10.4 Å². The van der Waals surface area contributed by atoms with Gasteiger partial charge in [-0.25, -0.2) is 9.07 Å². The minimum absolute atomic E-state index is 0.0347. The van der Waals surface area contributed by atoms with Gasteiger partial charge in [-0.3, -0.25) is 9.59 Å². The first-order valence-corrected chi connectivity index (χ1v) is 8.65. The monoisotopic (exact) mass is 377 g/mol. The Balaban J connectivity index is 1.67. The number of hydrogen-bond acceptors (Lipinski definition) is 4. The Labute approximate surface area is 151 Å². The van der Waals surface area contributed by atoms with Gasteiger partial charge in [-0.05, 0) is 35.7 Å². The summed E-state index contributed by atoms with van der Waals surface area (Å²) in [6, 6.07) is 10.5. The maximum absolute atomic E-state index is 13.0. The van der Waals surface area contributed by atoms with Gasteiger partial charge in [0.05, 0.1) is 22.0 Å². The standard InChI is InChI=1S/C17H13ClFN3O2S/c18-13-10-11(19)3-4-12(13)17(24)20-7-8-22-16(23)6-5-14(21-22)15-2-1-9-25-15/h1-6,9-10H,7-8H2,(H,20,24). The molecule has 3 rings (SSSR count). The molecule has 0 saturated heterocycles. The average molecular weight is 378 g/mol. The molecule has 0 fully saturated rings. The Bertz CT molecular complexity index is 957. The van der Waals surface area contributed by atoms with E-state index in [9.17, 15) is 14.0 Å². The van der Waals surface area contributed by atoms with E-state index in [-0.39, 0.29) is 29.2 Å². The average Bonchev–Trinajstić information content (AvgIpc) is 3.11. The quantitative estimate of drug-likeness (QED) is 0.742. The Morgan fingerprint density at radius 1 is 1.28 bits per heavy atom. The van der Waals surface area contributed by atoms with Crippen molar-refractivity contribution in [1.29, 1.82) is 0 Å². The number of carbonyl (C=O) groups is 1. The number of nitrogens with one attached hydrogen (secondary N) is 1. The molecule has 1 N–H and O–H groups in total. The minimum atomic E-state index is -0.511. The lowest BCUT2D eigenvalue weighted by Crippen LogP contribution is -2.32. The van der Waals surface area contributed by atoms with Gasteiger partial charge in [0.1, 0.15) is 11.5 Å². The Morgan fingerprint density at radius 2 is 2.12 bits per heavy atom. The number of rotatable bonds is 5. The van der Waals surface area contributed by atoms with Crippen LogP contribution in [0.3, 0.4) is 0 Å². The van der Waals surface area contributed by atoms with Gasteiger partial charge in [0, 0.05) is 12.6 Å². The molecule has 3 aromatic rings. The Morgan fingerprint density at radius 3 is 2.84 bits per heavy atom. The molecule has 0 aliphatic carbocycles. The van der Waals surface area contributed by atoms with Gasteiger partial charge in [0.25, 0.3) is 11.5 Å². The van der Waals surface area contributed by atoms with E-state index in [0.29, 0.717) is 5.69 Å². The predicted molar refractivity (Wildman–Crippen MR) is 95.6 cm³/mol. The number of nitrogens with zero attached hydrogens (tertiary/aromatic N) is 2. The lowest BCUT2D eigenvalue weighted by Gasteiger charge is -2.09. The van der Waals surface area contributed by atoms with Gasteiger partial charge >= 0.3 is 0 Å². The van der Waals surface area contributed by atoms with Crippen molar-refractivity contribution in [3.05, 3.63) is 74.6 Å². The van der Waals surface area contributed by atoms with Crippen molar-refractivity contribution < 1.29 is 9.18 Å². The summed E-state index contributed by atoms with van der Waals surface area (Å²) in [5.74, 6) is -0.949. The molecule has 0 saturated carbocycles. The molecule has 2 heterocycles. The topological polar surface area (TPSA) is 64.0 Å². The lowest BCUT2D eigenvalue weighted by molar-refractivity contribution is 0.0952. The SMILES string of the molecule is O=C(NCCn1nc(-c2cccs2)ccc1=O)c1ccc(F)cc1Cl. The third-order valence-electron chi connectivity index (χ3n) is 3.43. The smallest absolute Gasteiger partial charge is 0.266 e. The van der Waals surface area contributed by atoms with Crippen LogP contribution in [0.15, 0.2) is 52.6 Å². The summed E-state index contributed by atoms with van der Waals surface area (Å²) in [6.07, 6.45) is 0. The van der Waals surface area contributed by atoms with Crippen molar-refractivity contribution in [3.8, 4) is 10.6 Å². The maximum atomic E-state index is 13.0. The van der Waals surface area contributed by atoms with Crippen LogP contribution in [-0.2, 0) is 6.54 Å². The maximum Gasteiger partial charge on any atom is 0.266 e. The third kappa shape index (κ3) is 4.12. The van der Waals surface area contributed by atoms with E-state index in [2.05, 4.69) is 10.4 Å². The highest BCUT2D eigenvalue weighted by Gasteiger charge is 2.11. The molecule has 0 aliphatic heterocycles. The van der Waals surface area contributed by atoms with Crippen LogP contribution >= 0.6 is 22.9 Å². The van der Waals surface area contributed by atoms with Crippen LogP contribution in [-0.4, -0.2) is 22.2 Å². The highest BCUT2D eigenvalue weighted by Crippen LogP contribution is 2.21. The van der Waals surface area contributed by atoms with Crippen LogP contribution in [0.25, 0.3) is 10.6 Å². The molecule has 5 nitrogen and oxygen atoms in total. The molecule has 8 heteroatoms. The normalized spacial score (nSPS) is 10.6. The second kappa shape index (κ2) is 7.58. The van der Waals surface area contributed by atoms with Gasteiger partial charge in [0.2, 0.25) is 0 Å². The zero-order valence-corrected chi connectivity index (χ0v) is 14.5. The molecule has 0 atom stereocenters. The van der Waals surface area contributed by atoms with Crippen molar-refractivity contribution in [2.24, 2.45) is 0 Å². The van der Waals surface area contributed by atoms with E-state index in [0.717, 1.165) is 17.0 Å². The number of benzene rings is 1. The number of hydrogen-bond donors (Lipinski definition) is 1.